The van der Waals surface area contributed by atoms with Crippen molar-refractivity contribution in [1.82, 2.24) is 0 Å². The lowest BCUT2D eigenvalue weighted by Crippen LogP contribution is -2.00. The van der Waals surface area contributed by atoms with Gasteiger partial charge in [0.1, 0.15) is 5.76 Å². The molecular weight excluding hydrogens is 144 g/mol. The molecule has 0 amide bonds. The first-order chi connectivity index (χ1) is 5.15. The lowest BCUT2D eigenvalue weighted by atomic mass is 10.3. The monoisotopic (exact) mass is 152 g/mol. The SMILES string of the molecule is C=Cc1oc(C)cc(=O)c1O. The lowest BCUT2D eigenvalue weighted by Gasteiger charge is -1.97. The van der Waals surface area contributed by atoms with Crippen molar-refractivity contribution in [3.8, 4) is 5.75 Å². The van der Waals surface area contributed by atoms with Gasteiger partial charge in [0.2, 0.25) is 11.2 Å². The van der Waals surface area contributed by atoms with Crippen molar-refractivity contribution in [3.63, 3.8) is 0 Å². The second-order valence-corrected chi connectivity index (χ2v) is 2.14. The molecule has 1 rings (SSSR count). The topological polar surface area (TPSA) is 50.4 Å². The zero-order valence-corrected chi connectivity index (χ0v) is 6.13. The minimum atomic E-state index is -0.441. The molecule has 1 aromatic rings. The average Bonchev–Trinajstić information content (AvgIpc) is 1.96. The Bertz CT molecular complexity index is 336. The van der Waals surface area contributed by atoms with Crippen molar-refractivity contribution >= 4 is 6.08 Å². The summed E-state index contributed by atoms with van der Waals surface area (Å²) in [5.74, 6) is 0.198. The number of hydrogen-bond donors (Lipinski definition) is 1. The second-order valence-electron chi connectivity index (χ2n) is 2.14. The molecule has 1 aromatic heterocycles. The van der Waals surface area contributed by atoms with Gasteiger partial charge < -0.3 is 9.52 Å². The molecule has 11 heavy (non-hydrogen) atoms. The van der Waals surface area contributed by atoms with E-state index in [1.54, 1.807) is 6.92 Å². The molecule has 3 nitrogen and oxygen atoms in total. The van der Waals surface area contributed by atoms with Crippen molar-refractivity contribution in [1.29, 1.82) is 0 Å². The van der Waals surface area contributed by atoms with Crippen LogP contribution in [0.2, 0.25) is 0 Å². The van der Waals surface area contributed by atoms with Crippen LogP contribution in [0.3, 0.4) is 0 Å². The van der Waals surface area contributed by atoms with Gasteiger partial charge in [0.05, 0.1) is 0 Å². The van der Waals surface area contributed by atoms with Crippen molar-refractivity contribution in [3.05, 3.63) is 34.4 Å². The van der Waals surface area contributed by atoms with Gasteiger partial charge in [0.25, 0.3) is 0 Å². The number of hydrogen-bond acceptors (Lipinski definition) is 3. The van der Waals surface area contributed by atoms with Gasteiger partial charge in [-0.1, -0.05) is 6.58 Å². The standard InChI is InChI=1S/C8H8O3/c1-3-7-8(10)6(9)4-5(2)11-7/h3-4,10H,1H2,2H3. The highest BCUT2D eigenvalue weighted by molar-refractivity contribution is 5.47. The van der Waals surface area contributed by atoms with E-state index < -0.39 is 5.43 Å². The maximum atomic E-state index is 10.9. The fourth-order valence-corrected chi connectivity index (χ4v) is 0.764. The highest BCUT2D eigenvalue weighted by Gasteiger charge is 2.04. The van der Waals surface area contributed by atoms with E-state index in [1.807, 2.05) is 0 Å². The molecule has 0 aliphatic rings. The molecule has 1 heterocycles. The normalized spacial score (nSPS) is 9.55. The number of rotatable bonds is 1. The van der Waals surface area contributed by atoms with Gasteiger partial charge in [-0.3, -0.25) is 4.79 Å². The fourth-order valence-electron chi connectivity index (χ4n) is 0.764. The van der Waals surface area contributed by atoms with Crippen LogP contribution in [0, 0.1) is 6.92 Å². The Morgan fingerprint density at radius 3 is 2.91 bits per heavy atom. The predicted molar refractivity (Wildman–Crippen MR) is 41.5 cm³/mol. The first kappa shape index (κ1) is 7.60. The predicted octanol–water partition coefficient (Wildman–Crippen LogP) is 1.30. The Morgan fingerprint density at radius 1 is 1.73 bits per heavy atom. The Morgan fingerprint density at radius 2 is 2.36 bits per heavy atom. The van der Waals surface area contributed by atoms with E-state index in [0.29, 0.717) is 5.76 Å². The largest absolute Gasteiger partial charge is 0.502 e. The minimum absolute atomic E-state index is 0.120. The summed E-state index contributed by atoms with van der Waals surface area (Å²) in [4.78, 5) is 10.9. The van der Waals surface area contributed by atoms with Crippen molar-refractivity contribution in [2.24, 2.45) is 0 Å². The van der Waals surface area contributed by atoms with E-state index in [2.05, 4.69) is 6.58 Å². The van der Waals surface area contributed by atoms with Gasteiger partial charge in [0, 0.05) is 6.07 Å². The molecule has 58 valence electrons. The average molecular weight is 152 g/mol. The lowest BCUT2D eigenvalue weighted by molar-refractivity contribution is 0.414. The van der Waals surface area contributed by atoms with E-state index >= 15 is 0 Å². The highest BCUT2D eigenvalue weighted by atomic mass is 16.4. The zero-order valence-electron chi connectivity index (χ0n) is 6.13. The van der Waals surface area contributed by atoms with Crippen molar-refractivity contribution in [2.75, 3.05) is 0 Å². The first-order valence-corrected chi connectivity index (χ1v) is 3.11. The summed E-state index contributed by atoms with van der Waals surface area (Å²) in [6.07, 6.45) is 1.30. The van der Waals surface area contributed by atoms with E-state index in [-0.39, 0.29) is 11.5 Å². The van der Waals surface area contributed by atoms with Crippen LogP contribution in [0.15, 0.2) is 21.9 Å². The molecule has 0 saturated heterocycles. The molecule has 0 saturated carbocycles. The maximum absolute atomic E-state index is 10.9. The molecule has 0 aromatic carbocycles. The van der Waals surface area contributed by atoms with Gasteiger partial charge >= 0.3 is 0 Å². The van der Waals surface area contributed by atoms with Crippen LogP contribution in [0.4, 0.5) is 0 Å². The highest BCUT2D eigenvalue weighted by Crippen LogP contribution is 2.13. The Hall–Kier alpha value is -1.51. The summed E-state index contributed by atoms with van der Waals surface area (Å²) in [5, 5.41) is 9.04. The van der Waals surface area contributed by atoms with Gasteiger partial charge in [-0.25, -0.2) is 0 Å². The molecule has 1 N–H and O–H groups in total. The molecule has 3 heteroatoms. The van der Waals surface area contributed by atoms with Gasteiger partial charge in [-0.2, -0.15) is 0 Å². The van der Waals surface area contributed by atoms with E-state index in [4.69, 9.17) is 9.52 Å². The Kier molecular flexibility index (Phi) is 1.81. The van der Waals surface area contributed by atoms with E-state index in [0.717, 1.165) is 0 Å². The molecule has 0 bridgehead atoms. The van der Waals surface area contributed by atoms with Crippen LogP contribution in [0.1, 0.15) is 11.5 Å². The summed E-state index contributed by atoms with van der Waals surface area (Å²) >= 11 is 0. The zero-order chi connectivity index (χ0) is 8.43. The second kappa shape index (κ2) is 2.62. The van der Waals surface area contributed by atoms with E-state index in [9.17, 15) is 4.79 Å². The third-order valence-corrected chi connectivity index (χ3v) is 1.26. The smallest absolute Gasteiger partial charge is 0.227 e. The van der Waals surface area contributed by atoms with Crippen molar-refractivity contribution in [2.45, 2.75) is 6.92 Å². The maximum Gasteiger partial charge on any atom is 0.227 e. The summed E-state index contributed by atoms with van der Waals surface area (Å²) in [6, 6.07) is 1.22. The van der Waals surface area contributed by atoms with Crippen LogP contribution >= 0.6 is 0 Å². The van der Waals surface area contributed by atoms with Crippen LogP contribution in [-0.2, 0) is 0 Å². The molecule has 0 spiro atoms. The molecule has 0 unspecified atom stereocenters. The Balaban J connectivity index is 3.48. The molecular formula is C8H8O3. The summed E-state index contributed by atoms with van der Waals surface area (Å²) in [6.45, 7) is 5.01. The van der Waals surface area contributed by atoms with Crippen molar-refractivity contribution < 1.29 is 9.52 Å². The van der Waals surface area contributed by atoms with Gasteiger partial charge in [-0.05, 0) is 13.0 Å². The van der Waals surface area contributed by atoms with Gasteiger partial charge in [-0.15, -0.1) is 0 Å². The van der Waals surface area contributed by atoms with E-state index in [1.165, 1.54) is 12.1 Å². The van der Waals surface area contributed by atoms with Crippen LogP contribution in [0.25, 0.3) is 6.08 Å². The first-order valence-electron chi connectivity index (χ1n) is 3.11. The third kappa shape index (κ3) is 1.32. The summed E-state index contributed by atoms with van der Waals surface area (Å²) < 4.78 is 4.97. The molecule has 0 radical (unpaired) electrons. The molecule has 0 atom stereocenters. The summed E-state index contributed by atoms with van der Waals surface area (Å²) in [5.41, 5.74) is -0.441. The summed E-state index contributed by atoms with van der Waals surface area (Å²) in [7, 11) is 0. The third-order valence-electron chi connectivity index (χ3n) is 1.26. The number of aromatic hydroxyl groups is 1. The minimum Gasteiger partial charge on any atom is -0.502 e. The molecule has 0 aliphatic carbocycles. The number of aryl methyl sites for hydroxylation is 1. The quantitative estimate of drug-likeness (QED) is 0.659. The molecule has 0 aliphatic heterocycles. The van der Waals surface area contributed by atoms with Crippen LogP contribution in [-0.4, -0.2) is 5.11 Å². The van der Waals surface area contributed by atoms with Crippen LogP contribution < -0.4 is 5.43 Å². The van der Waals surface area contributed by atoms with Gasteiger partial charge in [0.15, 0.2) is 5.76 Å². The molecule has 0 fully saturated rings. The van der Waals surface area contributed by atoms with Crippen LogP contribution in [0.5, 0.6) is 5.75 Å². The fraction of sp³-hybridized carbons (Fsp3) is 0.125. The Labute approximate surface area is 63.6 Å².